The van der Waals surface area contributed by atoms with Crippen LogP contribution in [0.15, 0.2) is 0 Å². The van der Waals surface area contributed by atoms with Crippen LogP contribution >= 0.6 is 0 Å². The van der Waals surface area contributed by atoms with Crippen molar-refractivity contribution in [3.05, 3.63) is 0 Å². The second-order valence-corrected chi connectivity index (χ2v) is 17.6. The van der Waals surface area contributed by atoms with Gasteiger partial charge in [-0.2, -0.15) is 0 Å². The number of carbonyl (C=O) groups is 1. The van der Waals surface area contributed by atoms with Gasteiger partial charge in [0.15, 0.2) is 8.32 Å². The minimum atomic E-state index is -1.70. The van der Waals surface area contributed by atoms with E-state index in [1.54, 1.807) is 0 Å². The smallest absolute Gasteiger partial charge is 0.305 e. The fourth-order valence-electron chi connectivity index (χ4n) is 3.64. The highest BCUT2D eigenvalue weighted by molar-refractivity contribution is 6.74. The van der Waals surface area contributed by atoms with Crippen LogP contribution < -0.4 is 0 Å². The lowest BCUT2D eigenvalue weighted by Gasteiger charge is -2.36. The van der Waals surface area contributed by atoms with E-state index in [1.165, 1.54) is 0 Å². The molecule has 0 fully saturated rings. The number of hydrogen-bond donors (Lipinski definition) is 0. The van der Waals surface area contributed by atoms with E-state index in [0.29, 0.717) is 145 Å². The SMILES string of the molecule is CCCCCCC(=O)OCCOCCOCCOCCOCCOCCOCCOCCOCCOCCOCCO[Si](C)(C)C(C)(C)C. The second kappa shape index (κ2) is 35.6. The topological polar surface area (TPSA) is 128 Å². The van der Waals surface area contributed by atoms with Crippen LogP contribution in [0.3, 0.4) is 0 Å². The Kier molecular flexibility index (Phi) is 35.1. The molecule has 0 rings (SSSR count). The molecule has 0 spiro atoms. The molecular formula is C35H72O13Si. The molecular weight excluding hydrogens is 656 g/mol. The summed E-state index contributed by atoms with van der Waals surface area (Å²) in [6.07, 6.45) is 4.76. The fourth-order valence-corrected chi connectivity index (χ4v) is 4.66. The number of ether oxygens (including phenoxy) is 11. The van der Waals surface area contributed by atoms with Crippen molar-refractivity contribution in [2.24, 2.45) is 0 Å². The van der Waals surface area contributed by atoms with E-state index >= 15 is 0 Å². The lowest BCUT2D eigenvalue weighted by atomic mass is 10.2. The standard InChI is InChI=1S/C35H72O13Si/c1-7-8-9-10-11-34(36)47-32-30-45-28-26-43-24-22-41-20-18-39-16-14-37-12-13-38-15-17-40-19-21-42-23-25-44-27-29-46-31-33-48-49(5,6)35(2,3)4/h7-33H2,1-6H3. The number of rotatable bonds is 39. The normalized spacial score (nSPS) is 12.2. The molecule has 0 radical (unpaired) electrons. The fraction of sp³-hybridized carbons (Fsp3) is 0.971. The van der Waals surface area contributed by atoms with Gasteiger partial charge in [0.2, 0.25) is 0 Å². The van der Waals surface area contributed by atoms with Gasteiger partial charge in [0.05, 0.1) is 139 Å². The van der Waals surface area contributed by atoms with E-state index in [2.05, 4.69) is 40.8 Å². The molecule has 0 saturated carbocycles. The highest BCUT2D eigenvalue weighted by Crippen LogP contribution is 2.36. The third-order valence-corrected chi connectivity index (χ3v) is 12.1. The first kappa shape index (κ1) is 48.2. The van der Waals surface area contributed by atoms with Gasteiger partial charge in [0.1, 0.15) is 6.61 Å². The molecule has 0 aromatic rings. The Morgan fingerprint density at radius 1 is 0.429 bits per heavy atom. The minimum absolute atomic E-state index is 0.152. The van der Waals surface area contributed by atoms with E-state index in [9.17, 15) is 4.79 Å². The maximum Gasteiger partial charge on any atom is 0.305 e. The van der Waals surface area contributed by atoms with Crippen LogP contribution in [0.5, 0.6) is 0 Å². The van der Waals surface area contributed by atoms with E-state index in [0.717, 1.165) is 25.7 Å². The van der Waals surface area contributed by atoms with Gasteiger partial charge in [0, 0.05) is 6.42 Å². The summed E-state index contributed by atoms with van der Waals surface area (Å²) in [5, 5.41) is 0.215. The molecule has 0 atom stereocenters. The zero-order chi connectivity index (χ0) is 36.2. The Bertz CT molecular complexity index is 695. The molecule has 0 unspecified atom stereocenters. The number of hydrogen-bond acceptors (Lipinski definition) is 13. The molecule has 49 heavy (non-hydrogen) atoms. The molecule has 0 aromatic carbocycles. The zero-order valence-corrected chi connectivity index (χ0v) is 32.9. The molecule has 13 nitrogen and oxygen atoms in total. The summed E-state index contributed by atoms with van der Waals surface area (Å²) >= 11 is 0. The highest BCUT2D eigenvalue weighted by atomic mass is 28.4. The van der Waals surface area contributed by atoms with Crippen LogP contribution in [0.2, 0.25) is 18.1 Å². The van der Waals surface area contributed by atoms with Crippen molar-refractivity contribution in [2.45, 2.75) is 77.9 Å². The molecule has 0 aromatic heterocycles. The van der Waals surface area contributed by atoms with Crippen molar-refractivity contribution in [2.75, 3.05) is 145 Å². The van der Waals surface area contributed by atoms with Gasteiger partial charge in [-0.1, -0.05) is 47.0 Å². The molecule has 0 amide bonds. The maximum absolute atomic E-state index is 11.6. The summed E-state index contributed by atoms with van der Waals surface area (Å²) in [4.78, 5) is 11.6. The van der Waals surface area contributed by atoms with Crippen LogP contribution in [0, 0.1) is 0 Å². The van der Waals surface area contributed by atoms with Gasteiger partial charge in [0.25, 0.3) is 0 Å². The van der Waals surface area contributed by atoms with Gasteiger partial charge in [-0.3, -0.25) is 4.79 Å². The van der Waals surface area contributed by atoms with E-state index in [1.807, 2.05) is 0 Å². The van der Waals surface area contributed by atoms with E-state index in [-0.39, 0.29) is 17.6 Å². The Hall–Kier alpha value is -0.753. The van der Waals surface area contributed by atoms with Crippen molar-refractivity contribution >= 4 is 14.3 Å². The Labute approximate surface area is 298 Å². The summed E-state index contributed by atoms with van der Waals surface area (Å²) in [6.45, 7) is 24.3. The van der Waals surface area contributed by atoms with Crippen LogP contribution in [-0.2, 0) is 61.3 Å². The Morgan fingerprint density at radius 2 is 0.714 bits per heavy atom. The molecule has 0 heterocycles. The predicted molar refractivity (Wildman–Crippen MR) is 191 cm³/mol. The van der Waals surface area contributed by atoms with Crippen molar-refractivity contribution < 1.29 is 61.3 Å². The van der Waals surface area contributed by atoms with Gasteiger partial charge in [-0.25, -0.2) is 0 Å². The second-order valence-electron chi connectivity index (χ2n) is 12.8. The first-order valence-electron chi connectivity index (χ1n) is 18.3. The number of unbranched alkanes of at least 4 members (excludes halogenated alkanes) is 3. The monoisotopic (exact) mass is 728 g/mol. The van der Waals surface area contributed by atoms with Crippen molar-refractivity contribution in [3.8, 4) is 0 Å². The van der Waals surface area contributed by atoms with Gasteiger partial charge >= 0.3 is 5.97 Å². The summed E-state index contributed by atoms with van der Waals surface area (Å²) in [5.74, 6) is -0.152. The predicted octanol–water partition coefficient (Wildman–Crippen LogP) is 4.69. The number of esters is 1. The van der Waals surface area contributed by atoms with Crippen molar-refractivity contribution in [1.82, 2.24) is 0 Å². The molecule has 0 N–H and O–H groups in total. The first-order valence-corrected chi connectivity index (χ1v) is 21.2. The molecule has 294 valence electrons. The summed E-state index contributed by atoms with van der Waals surface area (Å²) in [7, 11) is -1.70. The first-order chi connectivity index (χ1) is 23.7. The molecule has 0 saturated heterocycles. The van der Waals surface area contributed by atoms with Crippen LogP contribution in [0.1, 0.15) is 59.8 Å². The zero-order valence-electron chi connectivity index (χ0n) is 31.9. The summed E-state index contributed by atoms with van der Waals surface area (Å²) in [5.41, 5.74) is 0. The molecule has 0 bridgehead atoms. The van der Waals surface area contributed by atoms with Gasteiger partial charge < -0.3 is 56.5 Å². The van der Waals surface area contributed by atoms with Gasteiger partial charge in [-0.05, 0) is 24.6 Å². The highest BCUT2D eigenvalue weighted by Gasteiger charge is 2.36. The minimum Gasteiger partial charge on any atom is -0.463 e. The average molecular weight is 729 g/mol. The van der Waals surface area contributed by atoms with E-state index in [4.69, 9.17) is 56.5 Å². The Morgan fingerprint density at radius 3 is 1.00 bits per heavy atom. The lowest BCUT2D eigenvalue weighted by molar-refractivity contribution is -0.145. The molecule has 0 aliphatic rings. The van der Waals surface area contributed by atoms with E-state index < -0.39 is 8.32 Å². The number of carbonyl (C=O) groups excluding carboxylic acids is 1. The third-order valence-electron chi connectivity index (χ3n) is 7.57. The molecule has 0 aliphatic carbocycles. The third kappa shape index (κ3) is 35.4. The average Bonchev–Trinajstić information content (AvgIpc) is 3.06. The Balaban J connectivity index is 3.15. The van der Waals surface area contributed by atoms with Crippen LogP contribution in [0.25, 0.3) is 0 Å². The van der Waals surface area contributed by atoms with Crippen LogP contribution in [0.4, 0.5) is 0 Å². The maximum atomic E-state index is 11.6. The summed E-state index contributed by atoms with van der Waals surface area (Å²) in [6, 6.07) is 0. The van der Waals surface area contributed by atoms with Crippen molar-refractivity contribution in [3.63, 3.8) is 0 Å². The van der Waals surface area contributed by atoms with Crippen molar-refractivity contribution in [1.29, 1.82) is 0 Å². The molecule has 0 aliphatic heterocycles. The van der Waals surface area contributed by atoms with Crippen LogP contribution in [-0.4, -0.2) is 160 Å². The summed E-state index contributed by atoms with van der Waals surface area (Å²) < 4.78 is 66.1. The lowest BCUT2D eigenvalue weighted by Crippen LogP contribution is -2.41. The van der Waals surface area contributed by atoms with Gasteiger partial charge in [-0.15, -0.1) is 0 Å². The molecule has 14 heteroatoms. The largest absolute Gasteiger partial charge is 0.463 e. The quantitative estimate of drug-likeness (QED) is 0.0494.